The Balaban J connectivity index is 1.95. The lowest BCUT2D eigenvalue weighted by Crippen LogP contribution is -2.54. The minimum Gasteiger partial charge on any atom is -0.325 e. The fourth-order valence-electron chi connectivity index (χ4n) is 2.39. The van der Waals surface area contributed by atoms with Crippen LogP contribution in [0.4, 0.5) is 0 Å². The van der Waals surface area contributed by atoms with Crippen LogP contribution in [0.5, 0.6) is 0 Å². The number of aromatic nitrogens is 1. The van der Waals surface area contributed by atoms with Gasteiger partial charge in [0.05, 0.1) is 5.69 Å². The van der Waals surface area contributed by atoms with E-state index in [1.165, 1.54) is 5.69 Å². The summed E-state index contributed by atoms with van der Waals surface area (Å²) in [6, 6.07) is 1.23. The molecule has 0 aromatic carbocycles. The Morgan fingerprint density at radius 3 is 2.59 bits per heavy atom. The Labute approximate surface area is 107 Å². The van der Waals surface area contributed by atoms with Gasteiger partial charge < -0.3 is 5.73 Å². The van der Waals surface area contributed by atoms with Crippen LogP contribution in [0.25, 0.3) is 0 Å². The summed E-state index contributed by atoms with van der Waals surface area (Å²) in [6.07, 6.45) is 0. The number of thiazole rings is 1. The van der Waals surface area contributed by atoms with Gasteiger partial charge in [-0.15, -0.1) is 11.3 Å². The van der Waals surface area contributed by atoms with Crippen LogP contribution < -0.4 is 5.73 Å². The van der Waals surface area contributed by atoms with E-state index in [9.17, 15) is 0 Å². The van der Waals surface area contributed by atoms with Crippen LogP contribution in [-0.4, -0.2) is 47.0 Å². The summed E-state index contributed by atoms with van der Waals surface area (Å²) in [5.74, 6) is 0. The van der Waals surface area contributed by atoms with E-state index in [2.05, 4.69) is 41.1 Å². The van der Waals surface area contributed by atoms with Crippen LogP contribution in [0.1, 0.15) is 24.5 Å². The van der Waals surface area contributed by atoms with Crippen molar-refractivity contribution in [1.29, 1.82) is 0 Å². The van der Waals surface area contributed by atoms with Crippen LogP contribution in [0, 0.1) is 0 Å². The summed E-state index contributed by atoms with van der Waals surface area (Å²) in [4.78, 5) is 9.47. The van der Waals surface area contributed by atoms with Gasteiger partial charge in [-0.2, -0.15) is 0 Å². The van der Waals surface area contributed by atoms with Crippen molar-refractivity contribution in [2.45, 2.75) is 39.0 Å². The SMILES string of the molecule is CC1CN(Cc2csc(CN)n2)CC(C)N1C. The van der Waals surface area contributed by atoms with Crippen LogP contribution >= 0.6 is 11.3 Å². The fraction of sp³-hybridized carbons (Fsp3) is 0.750. The van der Waals surface area contributed by atoms with Crippen molar-refractivity contribution in [3.63, 3.8) is 0 Å². The minimum atomic E-state index is 0.556. The maximum Gasteiger partial charge on any atom is 0.106 e. The van der Waals surface area contributed by atoms with Crippen molar-refractivity contribution in [2.75, 3.05) is 20.1 Å². The molecule has 1 saturated heterocycles. The highest BCUT2D eigenvalue weighted by molar-refractivity contribution is 7.09. The lowest BCUT2D eigenvalue weighted by Gasteiger charge is -2.42. The summed E-state index contributed by atoms with van der Waals surface area (Å²) in [5.41, 5.74) is 6.75. The number of hydrogen-bond donors (Lipinski definition) is 1. The molecular weight excluding hydrogens is 232 g/mol. The monoisotopic (exact) mass is 254 g/mol. The van der Waals surface area contributed by atoms with Gasteiger partial charge in [0.2, 0.25) is 0 Å². The third-order valence-electron chi connectivity index (χ3n) is 3.59. The first-order valence-electron chi connectivity index (χ1n) is 6.17. The Morgan fingerprint density at radius 1 is 1.41 bits per heavy atom. The van der Waals surface area contributed by atoms with Crippen molar-refractivity contribution in [3.05, 3.63) is 16.1 Å². The van der Waals surface area contributed by atoms with Crippen molar-refractivity contribution < 1.29 is 0 Å². The number of hydrogen-bond acceptors (Lipinski definition) is 5. The van der Waals surface area contributed by atoms with E-state index < -0.39 is 0 Å². The van der Waals surface area contributed by atoms with Crippen molar-refractivity contribution in [2.24, 2.45) is 5.73 Å². The summed E-state index contributed by atoms with van der Waals surface area (Å²) in [5, 5.41) is 3.17. The molecule has 17 heavy (non-hydrogen) atoms. The zero-order valence-corrected chi connectivity index (χ0v) is 11.7. The summed E-state index contributed by atoms with van der Waals surface area (Å²) < 4.78 is 0. The van der Waals surface area contributed by atoms with E-state index in [0.717, 1.165) is 24.6 Å². The molecule has 0 bridgehead atoms. The van der Waals surface area contributed by atoms with Crippen LogP contribution in [-0.2, 0) is 13.1 Å². The molecule has 2 unspecified atom stereocenters. The van der Waals surface area contributed by atoms with Crippen molar-refractivity contribution in [3.8, 4) is 0 Å². The summed E-state index contributed by atoms with van der Waals surface area (Å²) in [6.45, 7) is 8.33. The maximum absolute atomic E-state index is 5.59. The molecule has 0 spiro atoms. The van der Waals surface area contributed by atoms with Crippen LogP contribution in [0.15, 0.2) is 5.38 Å². The molecule has 1 aromatic heterocycles. The maximum atomic E-state index is 5.59. The zero-order chi connectivity index (χ0) is 12.4. The standard InChI is InChI=1S/C12H22N4S/c1-9-5-16(6-10(2)15(9)3)7-11-8-17-12(4-13)14-11/h8-10H,4-7,13H2,1-3H3. The van der Waals surface area contributed by atoms with Gasteiger partial charge in [0.1, 0.15) is 5.01 Å². The number of piperazine rings is 1. The number of nitrogens with zero attached hydrogens (tertiary/aromatic N) is 3. The van der Waals surface area contributed by atoms with Gasteiger partial charge >= 0.3 is 0 Å². The average molecular weight is 254 g/mol. The van der Waals surface area contributed by atoms with Gasteiger partial charge in [-0.05, 0) is 20.9 Å². The highest BCUT2D eigenvalue weighted by Crippen LogP contribution is 2.17. The van der Waals surface area contributed by atoms with E-state index in [1.807, 2.05) is 0 Å². The Kier molecular flexibility index (Phi) is 4.14. The second-order valence-electron chi connectivity index (χ2n) is 4.99. The topological polar surface area (TPSA) is 45.4 Å². The molecule has 5 heteroatoms. The first-order valence-corrected chi connectivity index (χ1v) is 7.05. The lowest BCUT2D eigenvalue weighted by molar-refractivity contribution is 0.0550. The first-order chi connectivity index (χ1) is 8.10. The van der Waals surface area contributed by atoms with Crippen LogP contribution in [0.3, 0.4) is 0 Å². The van der Waals surface area contributed by atoms with Gasteiger partial charge in [0, 0.05) is 43.6 Å². The number of rotatable bonds is 3. The first kappa shape index (κ1) is 13.0. The van der Waals surface area contributed by atoms with Gasteiger partial charge in [-0.1, -0.05) is 0 Å². The van der Waals surface area contributed by atoms with E-state index in [0.29, 0.717) is 18.6 Å². The van der Waals surface area contributed by atoms with E-state index >= 15 is 0 Å². The molecule has 1 aromatic rings. The zero-order valence-electron chi connectivity index (χ0n) is 10.9. The normalized spacial score (nSPS) is 27.5. The van der Waals surface area contributed by atoms with Crippen LogP contribution in [0.2, 0.25) is 0 Å². The Hall–Kier alpha value is -0.490. The van der Waals surface area contributed by atoms with E-state index in [1.54, 1.807) is 11.3 Å². The number of nitrogens with two attached hydrogens (primary N) is 1. The molecule has 0 amide bonds. The molecule has 0 saturated carbocycles. The average Bonchev–Trinajstić information content (AvgIpc) is 2.73. The van der Waals surface area contributed by atoms with E-state index in [4.69, 9.17) is 5.73 Å². The highest BCUT2D eigenvalue weighted by atomic mass is 32.1. The molecular formula is C12H22N4S. The Bertz CT molecular complexity index is 353. The van der Waals surface area contributed by atoms with Crippen molar-refractivity contribution >= 4 is 11.3 Å². The second kappa shape index (κ2) is 5.44. The van der Waals surface area contributed by atoms with E-state index in [-0.39, 0.29) is 0 Å². The fourth-order valence-corrected chi connectivity index (χ4v) is 3.05. The summed E-state index contributed by atoms with van der Waals surface area (Å²) >= 11 is 1.67. The molecule has 2 N–H and O–H groups in total. The summed E-state index contributed by atoms with van der Waals surface area (Å²) in [7, 11) is 2.21. The molecule has 1 aliphatic rings. The molecule has 0 radical (unpaired) electrons. The molecule has 0 aliphatic carbocycles. The molecule has 2 heterocycles. The minimum absolute atomic E-state index is 0.556. The molecule has 4 nitrogen and oxygen atoms in total. The Morgan fingerprint density at radius 2 is 2.06 bits per heavy atom. The highest BCUT2D eigenvalue weighted by Gasteiger charge is 2.26. The predicted molar refractivity (Wildman–Crippen MR) is 72.0 cm³/mol. The largest absolute Gasteiger partial charge is 0.325 e. The van der Waals surface area contributed by atoms with Gasteiger partial charge in [-0.3, -0.25) is 9.80 Å². The van der Waals surface area contributed by atoms with Gasteiger partial charge in [-0.25, -0.2) is 4.98 Å². The number of likely N-dealkylation sites (N-methyl/N-ethyl adjacent to an activating group) is 1. The van der Waals surface area contributed by atoms with Gasteiger partial charge in [0.25, 0.3) is 0 Å². The third kappa shape index (κ3) is 3.04. The molecule has 1 aliphatic heterocycles. The molecule has 1 fully saturated rings. The predicted octanol–water partition coefficient (Wildman–Crippen LogP) is 1.13. The molecule has 96 valence electrons. The molecule has 2 rings (SSSR count). The third-order valence-corrected chi connectivity index (χ3v) is 4.51. The second-order valence-corrected chi connectivity index (χ2v) is 5.94. The lowest BCUT2D eigenvalue weighted by atomic mass is 10.1. The van der Waals surface area contributed by atoms with Crippen molar-refractivity contribution in [1.82, 2.24) is 14.8 Å². The van der Waals surface area contributed by atoms with Gasteiger partial charge in [0.15, 0.2) is 0 Å². The molecule has 2 atom stereocenters. The smallest absolute Gasteiger partial charge is 0.106 e. The quantitative estimate of drug-likeness (QED) is 0.878.